The minimum absolute atomic E-state index is 0.138. The number of amides is 1. The Labute approximate surface area is 167 Å². The number of carbonyl (C=O) groups excluding carboxylic acids is 1. The molecule has 2 aromatic carbocycles. The maximum Gasteiger partial charge on any atom is 0.221 e. The summed E-state index contributed by atoms with van der Waals surface area (Å²) in [5.74, 6) is 0.856. The van der Waals surface area contributed by atoms with E-state index in [1.165, 1.54) is 0 Å². The fraction of sp³-hybridized carbons (Fsp3) is 0.435. The molecule has 1 amide bonds. The van der Waals surface area contributed by atoms with Crippen LogP contribution in [0, 0.1) is 5.92 Å². The molecular weight excluding hydrogens is 354 g/mol. The summed E-state index contributed by atoms with van der Waals surface area (Å²) in [7, 11) is 1.66. The van der Waals surface area contributed by atoms with Crippen LogP contribution in [-0.2, 0) is 9.53 Å². The van der Waals surface area contributed by atoms with Gasteiger partial charge in [0.25, 0.3) is 0 Å². The van der Waals surface area contributed by atoms with Crippen molar-refractivity contribution in [2.75, 3.05) is 26.9 Å². The molecule has 0 aliphatic rings. The lowest BCUT2D eigenvalue weighted by Gasteiger charge is -2.26. The Bertz CT molecular complexity index is 663. The molecule has 2 N–H and O–H groups in total. The third-order valence-electron chi connectivity index (χ3n) is 4.73. The van der Waals surface area contributed by atoms with Crippen molar-refractivity contribution in [2.45, 2.75) is 32.6 Å². The molecule has 0 saturated carbocycles. The van der Waals surface area contributed by atoms with Crippen LogP contribution in [0.4, 0.5) is 0 Å². The first kappa shape index (κ1) is 21.8. The second kappa shape index (κ2) is 11.3. The summed E-state index contributed by atoms with van der Waals surface area (Å²) >= 11 is 0. The van der Waals surface area contributed by atoms with Crippen molar-refractivity contribution in [1.29, 1.82) is 0 Å². The van der Waals surface area contributed by atoms with Crippen LogP contribution >= 0.6 is 0 Å². The van der Waals surface area contributed by atoms with E-state index >= 15 is 0 Å². The van der Waals surface area contributed by atoms with Gasteiger partial charge in [-0.3, -0.25) is 4.79 Å². The largest absolute Gasteiger partial charge is 0.494 e. The van der Waals surface area contributed by atoms with Gasteiger partial charge in [-0.25, -0.2) is 0 Å². The monoisotopic (exact) mass is 385 g/mol. The summed E-state index contributed by atoms with van der Waals surface area (Å²) in [6.45, 7) is 5.74. The summed E-state index contributed by atoms with van der Waals surface area (Å²) in [6, 6.07) is 15.8. The van der Waals surface area contributed by atoms with Gasteiger partial charge in [0.1, 0.15) is 11.5 Å². The van der Waals surface area contributed by atoms with Gasteiger partial charge in [0.2, 0.25) is 5.91 Å². The first-order valence-corrected chi connectivity index (χ1v) is 9.84. The molecule has 0 fully saturated rings. The van der Waals surface area contributed by atoms with E-state index in [9.17, 15) is 4.79 Å². The van der Waals surface area contributed by atoms with Gasteiger partial charge in [0, 0.05) is 25.6 Å². The number of carbonyl (C=O) groups is 1. The zero-order valence-corrected chi connectivity index (χ0v) is 17.0. The molecule has 2 aromatic rings. The van der Waals surface area contributed by atoms with Gasteiger partial charge in [0.15, 0.2) is 0 Å². The Kier molecular flexibility index (Phi) is 8.82. The molecule has 28 heavy (non-hydrogen) atoms. The molecule has 0 saturated heterocycles. The first-order valence-electron chi connectivity index (χ1n) is 9.84. The third kappa shape index (κ3) is 5.99. The molecule has 0 spiro atoms. The number of hydrogen-bond acceptors (Lipinski definition) is 4. The molecule has 2 rings (SSSR count). The summed E-state index contributed by atoms with van der Waals surface area (Å²) < 4.78 is 16.3. The molecule has 1 atom stereocenters. The normalized spacial score (nSPS) is 12.0. The summed E-state index contributed by atoms with van der Waals surface area (Å²) in [5, 5.41) is 0. The van der Waals surface area contributed by atoms with E-state index in [1.807, 2.05) is 62.4 Å². The Morgan fingerprint density at radius 2 is 1.36 bits per heavy atom. The number of primary amides is 1. The van der Waals surface area contributed by atoms with Crippen LogP contribution in [0.2, 0.25) is 0 Å². The zero-order chi connectivity index (χ0) is 20.4. The van der Waals surface area contributed by atoms with Gasteiger partial charge in [0.05, 0.1) is 13.2 Å². The fourth-order valence-corrected chi connectivity index (χ4v) is 3.45. The molecule has 1 unspecified atom stereocenters. The number of ether oxygens (including phenoxy) is 3. The highest BCUT2D eigenvalue weighted by Gasteiger charge is 2.29. The van der Waals surface area contributed by atoms with Crippen LogP contribution in [-0.4, -0.2) is 32.8 Å². The van der Waals surface area contributed by atoms with Crippen LogP contribution in [0.25, 0.3) is 0 Å². The van der Waals surface area contributed by atoms with Crippen molar-refractivity contribution in [2.24, 2.45) is 11.7 Å². The predicted molar refractivity (Wildman–Crippen MR) is 111 cm³/mol. The van der Waals surface area contributed by atoms with Crippen LogP contribution in [0.15, 0.2) is 48.5 Å². The van der Waals surface area contributed by atoms with E-state index in [2.05, 4.69) is 0 Å². The Hall–Kier alpha value is -2.53. The standard InChI is InChI=1S/C23H31NO4/c1-4-27-19-12-8-17(9-13-19)22(21(23(24)25)7-6-16-26-3)18-10-14-20(15-11-18)28-5-2/h8-15,21-22H,4-7,16H2,1-3H3,(H2,24,25). The molecular formula is C23H31NO4. The minimum atomic E-state index is -0.328. The average molecular weight is 386 g/mol. The van der Waals surface area contributed by atoms with Crippen molar-refractivity contribution >= 4 is 5.91 Å². The van der Waals surface area contributed by atoms with E-state index in [4.69, 9.17) is 19.9 Å². The van der Waals surface area contributed by atoms with Gasteiger partial charge >= 0.3 is 0 Å². The Morgan fingerprint density at radius 3 is 1.71 bits per heavy atom. The zero-order valence-electron chi connectivity index (χ0n) is 17.0. The van der Waals surface area contributed by atoms with E-state index in [0.29, 0.717) is 26.2 Å². The number of rotatable bonds is 12. The van der Waals surface area contributed by atoms with Crippen LogP contribution in [0.5, 0.6) is 11.5 Å². The quantitative estimate of drug-likeness (QED) is 0.557. The van der Waals surface area contributed by atoms with Crippen molar-refractivity contribution in [3.05, 3.63) is 59.7 Å². The van der Waals surface area contributed by atoms with Crippen molar-refractivity contribution < 1.29 is 19.0 Å². The first-order chi connectivity index (χ1) is 13.6. The average Bonchev–Trinajstić information content (AvgIpc) is 2.70. The second-order valence-corrected chi connectivity index (χ2v) is 6.63. The van der Waals surface area contributed by atoms with Crippen molar-refractivity contribution in [1.82, 2.24) is 0 Å². The molecule has 152 valence electrons. The van der Waals surface area contributed by atoms with E-state index < -0.39 is 0 Å². The lowest BCUT2D eigenvalue weighted by Crippen LogP contribution is -2.30. The van der Waals surface area contributed by atoms with E-state index in [-0.39, 0.29) is 17.7 Å². The number of hydrogen-bond donors (Lipinski definition) is 1. The maximum absolute atomic E-state index is 12.4. The lowest BCUT2D eigenvalue weighted by molar-refractivity contribution is -0.122. The summed E-state index contributed by atoms with van der Waals surface area (Å²) in [4.78, 5) is 12.4. The van der Waals surface area contributed by atoms with Gasteiger partial charge < -0.3 is 19.9 Å². The molecule has 0 aliphatic heterocycles. The smallest absolute Gasteiger partial charge is 0.221 e. The SMILES string of the molecule is CCOc1ccc(C(c2ccc(OCC)cc2)C(CCCOC)C(N)=O)cc1. The Morgan fingerprint density at radius 1 is 0.893 bits per heavy atom. The van der Waals surface area contributed by atoms with Gasteiger partial charge in [-0.1, -0.05) is 24.3 Å². The molecule has 0 radical (unpaired) electrons. The molecule has 0 heterocycles. The Balaban J connectivity index is 2.39. The molecule has 0 bridgehead atoms. The van der Waals surface area contributed by atoms with E-state index in [1.54, 1.807) is 7.11 Å². The number of methoxy groups -OCH3 is 1. The third-order valence-corrected chi connectivity index (χ3v) is 4.73. The predicted octanol–water partition coefficient (Wildman–Crippen LogP) is 4.14. The highest BCUT2D eigenvalue weighted by atomic mass is 16.5. The van der Waals surface area contributed by atoms with Crippen LogP contribution < -0.4 is 15.2 Å². The fourth-order valence-electron chi connectivity index (χ4n) is 3.45. The topological polar surface area (TPSA) is 70.8 Å². The van der Waals surface area contributed by atoms with Crippen LogP contribution in [0.3, 0.4) is 0 Å². The molecule has 0 aromatic heterocycles. The lowest BCUT2D eigenvalue weighted by atomic mass is 9.78. The number of benzene rings is 2. The van der Waals surface area contributed by atoms with Gasteiger partial charge in [-0.2, -0.15) is 0 Å². The molecule has 5 nitrogen and oxygen atoms in total. The van der Waals surface area contributed by atoms with Crippen molar-refractivity contribution in [3.8, 4) is 11.5 Å². The van der Waals surface area contributed by atoms with Gasteiger partial charge in [-0.15, -0.1) is 0 Å². The second-order valence-electron chi connectivity index (χ2n) is 6.63. The van der Waals surface area contributed by atoms with E-state index in [0.717, 1.165) is 29.0 Å². The highest BCUT2D eigenvalue weighted by molar-refractivity contribution is 5.78. The number of nitrogens with two attached hydrogens (primary N) is 1. The summed E-state index contributed by atoms with van der Waals surface area (Å²) in [5.41, 5.74) is 7.89. The summed E-state index contributed by atoms with van der Waals surface area (Å²) in [6.07, 6.45) is 1.43. The van der Waals surface area contributed by atoms with Gasteiger partial charge in [-0.05, 0) is 62.1 Å². The van der Waals surface area contributed by atoms with Crippen LogP contribution in [0.1, 0.15) is 43.7 Å². The maximum atomic E-state index is 12.4. The molecule has 0 aliphatic carbocycles. The molecule has 5 heteroatoms. The van der Waals surface area contributed by atoms with Crippen molar-refractivity contribution in [3.63, 3.8) is 0 Å². The highest BCUT2D eigenvalue weighted by Crippen LogP contribution is 2.36. The minimum Gasteiger partial charge on any atom is -0.494 e.